The third-order valence-electron chi connectivity index (χ3n) is 2.62. The van der Waals surface area contributed by atoms with Gasteiger partial charge in [0, 0.05) is 25.2 Å². The second kappa shape index (κ2) is 4.49. The molecule has 1 unspecified atom stereocenters. The Morgan fingerprint density at radius 2 is 2.25 bits per heavy atom. The smallest absolute Gasteiger partial charge is 0.0860 e. The van der Waals surface area contributed by atoms with Crippen LogP contribution < -0.4 is 0 Å². The SMILES string of the molecule is Cc1cccc(CC(O)c2cnn(C)c2)c1. The van der Waals surface area contributed by atoms with Crippen molar-refractivity contribution >= 4 is 0 Å². The van der Waals surface area contributed by atoms with Crippen molar-refractivity contribution in [2.24, 2.45) is 7.05 Å². The van der Waals surface area contributed by atoms with Crippen molar-refractivity contribution in [3.05, 3.63) is 53.3 Å². The van der Waals surface area contributed by atoms with Gasteiger partial charge in [-0.15, -0.1) is 0 Å². The molecule has 1 aromatic heterocycles. The van der Waals surface area contributed by atoms with Gasteiger partial charge in [-0.1, -0.05) is 29.8 Å². The maximum absolute atomic E-state index is 10.0. The zero-order chi connectivity index (χ0) is 11.5. The number of benzene rings is 1. The van der Waals surface area contributed by atoms with Gasteiger partial charge in [0.05, 0.1) is 12.3 Å². The van der Waals surface area contributed by atoms with Crippen LogP contribution in [0.5, 0.6) is 0 Å². The van der Waals surface area contributed by atoms with E-state index in [2.05, 4.69) is 24.2 Å². The molecule has 0 aliphatic carbocycles. The topological polar surface area (TPSA) is 38.1 Å². The Kier molecular flexibility index (Phi) is 3.06. The summed E-state index contributed by atoms with van der Waals surface area (Å²) < 4.78 is 1.70. The van der Waals surface area contributed by atoms with Crippen LogP contribution in [0.25, 0.3) is 0 Å². The number of aliphatic hydroxyl groups excluding tert-OH is 1. The maximum Gasteiger partial charge on any atom is 0.0860 e. The Hall–Kier alpha value is -1.61. The van der Waals surface area contributed by atoms with Crippen molar-refractivity contribution in [1.29, 1.82) is 0 Å². The lowest BCUT2D eigenvalue weighted by atomic mass is 10.0. The van der Waals surface area contributed by atoms with Crippen molar-refractivity contribution < 1.29 is 5.11 Å². The highest BCUT2D eigenvalue weighted by Gasteiger charge is 2.10. The van der Waals surface area contributed by atoms with E-state index in [0.717, 1.165) is 11.1 Å². The second-order valence-corrected chi connectivity index (χ2v) is 4.16. The van der Waals surface area contributed by atoms with Gasteiger partial charge < -0.3 is 5.11 Å². The molecule has 16 heavy (non-hydrogen) atoms. The molecular formula is C13H16N2O. The number of hydrogen-bond acceptors (Lipinski definition) is 2. The average Bonchev–Trinajstić information content (AvgIpc) is 2.65. The summed E-state index contributed by atoms with van der Waals surface area (Å²) in [5.74, 6) is 0. The monoisotopic (exact) mass is 216 g/mol. The first-order valence-electron chi connectivity index (χ1n) is 5.37. The van der Waals surface area contributed by atoms with Crippen molar-refractivity contribution in [2.45, 2.75) is 19.4 Å². The maximum atomic E-state index is 10.0. The van der Waals surface area contributed by atoms with E-state index in [4.69, 9.17) is 0 Å². The van der Waals surface area contributed by atoms with Gasteiger partial charge in [-0.3, -0.25) is 4.68 Å². The molecular weight excluding hydrogens is 200 g/mol. The molecule has 1 heterocycles. The van der Waals surface area contributed by atoms with E-state index in [1.165, 1.54) is 5.56 Å². The summed E-state index contributed by atoms with van der Waals surface area (Å²) in [7, 11) is 1.85. The molecule has 1 N–H and O–H groups in total. The summed E-state index contributed by atoms with van der Waals surface area (Å²) in [6.07, 6.45) is 3.71. The van der Waals surface area contributed by atoms with Gasteiger partial charge in [0.25, 0.3) is 0 Å². The zero-order valence-corrected chi connectivity index (χ0v) is 9.59. The molecule has 2 rings (SSSR count). The standard InChI is InChI=1S/C13H16N2O/c1-10-4-3-5-11(6-10)7-13(16)12-8-14-15(2)9-12/h3-6,8-9,13,16H,7H2,1-2H3. The fourth-order valence-electron chi connectivity index (χ4n) is 1.79. The molecule has 0 spiro atoms. The molecule has 0 radical (unpaired) electrons. The molecule has 0 bridgehead atoms. The Labute approximate surface area is 95.3 Å². The van der Waals surface area contributed by atoms with E-state index in [-0.39, 0.29) is 0 Å². The Bertz CT molecular complexity index is 476. The highest BCUT2D eigenvalue weighted by Crippen LogP contribution is 2.17. The number of aromatic nitrogens is 2. The van der Waals surface area contributed by atoms with E-state index in [1.54, 1.807) is 10.9 Å². The molecule has 1 atom stereocenters. The minimum atomic E-state index is -0.476. The molecule has 0 aliphatic rings. The van der Waals surface area contributed by atoms with Crippen molar-refractivity contribution in [1.82, 2.24) is 9.78 Å². The first-order chi connectivity index (χ1) is 7.65. The van der Waals surface area contributed by atoms with Crippen LogP contribution in [0.15, 0.2) is 36.7 Å². The average molecular weight is 216 g/mol. The lowest BCUT2D eigenvalue weighted by Gasteiger charge is -2.08. The van der Waals surface area contributed by atoms with Gasteiger partial charge in [0.2, 0.25) is 0 Å². The minimum Gasteiger partial charge on any atom is -0.388 e. The highest BCUT2D eigenvalue weighted by atomic mass is 16.3. The lowest BCUT2D eigenvalue weighted by molar-refractivity contribution is 0.178. The normalized spacial score (nSPS) is 12.7. The highest BCUT2D eigenvalue weighted by molar-refractivity contribution is 5.24. The summed E-state index contributed by atoms with van der Waals surface area (Å²) in [4.78, 5) is 0. The molecule has 84 valence electrons. The predicted molar refractivity (Wildman–Crippen MR) is 63.1 cm³/mol. The van der Waals surface area contributed by atoms with Gasteiger partial charge in [0.1, 0.15) is 0 Å². The number of rotatable bonds is 3. The quantitative estimate of drug-likeness (QED) is 0.852. The summed E-state index contributed by atoms with van der Waals surface area (Å²) in [6, 6.07) is 8.20. The molecule has 0 amide bonds. The minimum absolute atomic E-state index is 0.476. The molecule has 0 saturated heterocycles. The predicted octanol–water partition coefficient (Wildman–Crippen LogP) is 2.00. The Morgan fingerprint density at radius 1 is 1.44 bits per heavy atom. The summed E-state index contributed by atoms with van der Waals surface area (Å²) >= 11 is 0. The fourth-order valence-corrected chi connectivity index (χ4v) is 1.79. The van der Waals surface area contributed by atoms with E-state index in [0.29, 0.717) is 6.42 Å². The second-order valence-electron chi connectivity index (χ2n) is 4.16. The largest absolute Gasteiger partial charge is 0.388 e. The summed E-state index contributed by atoms with van der Waals surface area (Å²) in [5.41, 5.74) is 3.23. The van der Waals surface area contributed by atoms with Crippen molar-refractivity contribution in [2.75, 3.05) is 0 Å². The van der Waals surface area contributed by atoms with Crippen LogP contribution in [0.3, 0.4) is 0 Å². The van der Waals surface area contributed by atoms with Crippen LogP contribution in [0.4, 0.5) is 0 Å². The van der Waals surface area contributed by atoms with E-state index >= 15 is 0 Å². The van der Waals surface area contributed by atoms with Crippen LogP contribution in [0, 0.1) is 6.92 Å². The van der Waals surface area contributed by atoms with Gasteiger partial charge in [-0.05, 0) is 12.5 Å². The van der Waals surface area contributed by atoms with Crippen LogP contribution in [-0.4, -0.2) is 14.9 Å². The lowest BCUT2D eigenvalue weighted by Crippen LogP contribution is -2.00. The van der Waals surface area contributed by atoms with E-state index in [1.807, 2.05) is 25.4 Å². The van der Waals surface area contributed by atoms with Crippen molar-refractivity contribution in [3.8, 4) is 0 Å². The van der Waals surface area contributed by atoms with Gasteiger partial charge in [-0.2, -0.15) is 5.10 Å². The number of hydrogen-bond donors (Lipinski definition) is 1. The van der Waals surface area contributed by atoms with E-state index in [9.17, 15) is 5.11 Å². The zero-order valence-electron chi connectivity index (χ0n) is 9.59. The molecule has 2 aromatic rings. The van der Waals surface area contributed by atoms with Gasteiger partial charge in [-0.25, -0.2) is 0 Å². The van der Waals surface area contributed by atoms with Gasteiger partial charge >= 0.3 is 0 Å². The third-order valence-corrected chi connectivity index (χ3v) is 2.62. The summed E-state index contributed by atoms with van der Waals surface area (Å²) in [6.45, 7) is 2.06. The third kappa shape index (κ3) is 2.49. The first kappa shape index (κ1) is 10.9. The van der Waals surface area contributed by atoms with Crippen LogP contribution in [-0.2, 0) is 13.5 Å². The first-order valence-corrected chi connectivity index (χ1v) is 5.37. The molecule has 1 aromatic carbocycles. The van der Waals surface area contributed by atoms with Crippen LogP contribution >= 0.6 is 0 Å². The van der Waals surface area contributed by atoms with Crippen LogP contribution in [0.1, 0.15) is 22.8 Å². The molecule has 0 saturated carbocycles. The fraction of sp³-hybridized carbons (Fsp3) is 0.308. The Balaban J connectivity index is 2.10. The number of aliphatic hydroxyl groups is 1. The Morgan fingerprint density at radius 3 is 2.88 bits per heavy atom. The number of aryl methyl sites for hydroxylation is 2. The summed E-state index contributed by atoms with van der Waals surface area (Å²) in [5, 5.41) is 14.1. The van der Waals surface area contributed by atoms with E-state index < -0.39 is 6.10 Å². The van der Waals surface area contributed by atoms with Gasteiger partial charge in [0.15, 0.2) is 0 Å². The molecule has 3 nitrogen and oxygen atoms in total. The number of nitrogens with zero attached hydrogens (tertiary/aromatic N) is 2. The van der Waals surface area contributed by atoms with Crippen LogP contribution in [0.2, 0.25) is 0 Å². The molecule has 0 aliphatic heterocycles. The van der Waals surface area contributed by atoms with Crippen molar-refractivity contribution in [3.63, 3.8) is 0 Å². The molecule has 0 fully saturated rings. The molecule has 3 heteroatoms.